The van der Waals surface area contributed by atoms with E-state index in [2.05, 4.69) is 15.0 Å². The molecule has 2 N–H and O–H groups in total. The smallest absolute Gasteiger partial charge is 0.213 e. The molecule has 6 nitrogen and oxygen atoms in total. The molecule has 0 radical (unpaired) electrons. The van der Waals surface area contributed by atoms with Crippen LogP contribution in [0.15, 0.2) is 24.7 Å². The maximum Gasteiger partial charge on any atom is 0.213 e. The third kappa shape index (κ3) is 2.16. The van der Waals surface area contributed by atoms with Crippen LogP contribution in [0.1, 0.15) is 5.56 Å². The van der Waals surface area contributed by atoms with Crippen molar-refractivity contribution in [1.82, 2.24) is 19.5 Å². The number of hydrogen-bond donors (Lipinski definition) is 1. The van der Waals surface area contributed by atoms with Gasteiger partial charge in [0.1, 0.15) is 11.3 Å². The van der Waals surface area contributed by atoms with Crippen molar-refractivity contribution in [3.63, 3.8) is 0 Å². The molecule has 0 aromatic carbocycles. The highest BCUT2D eigenvalue weighted by molar-refractivity contribution is 5.88. The second kappa shape index (κ2) is 4.69. The largest absolute Gasteiger partial charge is 0.382 e. The van der Waals surface area contributed by atoms with Gasteiger partial charge in [0.2, 0.25) is 5.95 Å². The van der Waals surface area contributed by atoms with Gasteiger partial charge in [-0.2, -0.15) is 4.39 Å². The molecule has 3 aromatic rings. The zero-order valence-corrected chi connectivity index (χ0v) is 12.0. The molecule has 0 unspecified atom stereocenters. The molecule has 0 atom stereocenters. The Morgan fingerprint density at radius 3 is 2.76 bits per heavy atom. The third-order valence-corrected chi connectivity index (χ3v) is 3.48. The normalized spacial score (nSPS) is 11.0. The fraction of sp³-hybridized carbons (Fsp3) is 0.214. The minimum absolute atomic E-state index is 0.364. The van der Waals surface area contributed by atoms with Gasteiger partial charge in [0.05, 0.1) is 23.7 Å². The molecule has 0 aliphatic carbocycles. The molecule has 0 saturated carbocycles. The Kier molecular flexibility index (Phi) is 2.97. The monoisotopic (exact) mass is 286 g/mol. The van der Waals surface area contributed by atoms with E-state index in [1.165, 1.54) is 12.3 Å². The lowest BCUT2D eigenvalue weighted by atomic mass is 10.2. The van der Waals surface area contributed by atoms with Crippen molar-refractivity contribution < 1.29 is 4.39 Å². The highest BCUT2D eigenvalue weighted by Crippen LogP contribution is 2.28. The van der Waals surface area contributed by atoms with E-state index in [1.54, 1.807) is 6.33 Å². The Hall–Kier alpha value is -2.70. The Balaban J connectivity index is 2.12. The predicted molar refractivity (Wildman–Crippen MR) is 79.9 cm³/mol. The Bertz CT molecular complexity index is 826. The van der Waals surface area contributed by atoms with Crippen LogP contribution in [0.25, 0.3) is 11.0 Å². The number of rotatable bonds is 2. The predicted octanol–water partition coefficient (Wildman–Crippen LogP) is 2.16. The summed E-state index contributed by atoms with van der Waals surface area (Å²) in [6, 6.07) is 3.28. The molecule has 0 amide bonds. The number of nitrogen functional groups attached to an aromatic ring is 1. The molecule has 0 spiro atoms. The van der Waals surface area contributed by atoms with Gasteiger partial charge >= 0.3 is 0 Å². The summed E-state index contributed by atoms with van der Waals surface area (Å²) in [7, 11) is 3.73. The number of halogens is 1. The lowest BCUT2D eigenvalue weighted by Gasteiger charge is -2.20. The summed E-state index contributed by atoms with van der Waals surface area (Å²) in [5.41, 5.74) is 9.06. The summed E-state index contributed by atoms with van der Waals surface area (Å²) < 4.78 is 15.0. The van der Waals surface area contributed by atoms with Gasteiger partial charge in [-0.15, -0.1) is 0 Å². The van der Waals surface area contributed by atoms with Gasteiger partial charge in [0.25, 0.3) is 0 Å². The summed E-state index contributed by atoms with van der Waals surface area (Å²) >= 11 is 0. The molecule has 0 bridgehead atoms. The summed E-state index contributed by atoms with van der Waals surface area (Å²) in [4.78, 5) is 14.1. The number of fused-ring (bicyclic) bond motifs is 1. The van der Waals surface area contributed by atoms with Crippen LogP contribution in [-0.2, 0) is 7.05 Å². The number of aromatic nitrogens is 4. The third-order valence-electron chi connectivity index (χ3n) is 3.48. The lowest BCUT2D eigenvalue weighted by Crippen LogP contribution is -2.14. The summed E-state index contributed by atoms with van der Waals surface area (Å²) in [6.07, 6.45) is 3.17. The van der Waals surface area contributed by atoms with Gasteiger partial charge in [-0.1, -0.05) is 0 Å². The van der Waals surface area contributed by atoms with E-state index in [0.717, 1.165) is 16.8 Å². The van der Waals surface area contributed by atoms with Crippen LogP contribution in [0.2, 0.25) is 0 Å². The molecule has 0 aliphatic rings. The number of nitrogens with two attached hydrogens (primary N) is 1. The topological polar surface area (TPSA) is 72.9 Å². The van der Waals surface area contributed by atoms with Crippen molar-refractivity contribution in [2.75, 3.05) is 17.7 Å². The standard InChI is InChI=1S/C14H15FN6/c1-8-4-11(15)17-6-10(8)21(3)12-5-9-13(14(16)19-12)18-7-20(9)2/h4-7H,1-3H3,(H2,16,19). The highest BCUT2D eigenvalue weighted by atomic mass is 19.1. The molecule has 0 saturated heterocycles. The fourth-order valence-corrected chi connectivity index (χ4v) is 2.30. The van der Waals surface area contributed by atoms with Crippen molar-refractivity contribution >= 4 is 28.4 Å². The number of pyridine rings is 2. The molecule has 0 aliphatic heterocycles. The fourth-order valence-electron chi connectivity index (χ4n) is 2.30. The van der Waals surface area contributed by atoms with Gasteiger partial charge in [0, 0.05) is 20.2 Å². The van der Waals surface area contributed by atoms with E-state index in [0.29, 0.717) is 17.2 Å². The summed E-state index contributed by atoms with van der Waals surface area (Å²) in [5.74, 6) is 0.516. The van der Waals surface area contributed by atoms with E-state index in [4.69, 9.17) is 5.73 Å². The van der Waals surface area contributed by atoms with Crippen LogP contribution in [0.3, 0.4) is 0 Å². The molecule has 3 rings (SSSR count). The number of nitrogens with zero attached hydrogens (tertiary/aromatic N) is 5. The molecule has 7 heteroatoms. The van der Waals surface area contributed by atoms with Gasteiger partial charge in [-0.3, -0.25) is 0 Å². The van der Waals surface area contributed by atoms with E-state index in [-0.39, 0.29) is 0 Å². The number of anilines is 3. The van der Waals surface area contributed by atoms with E-state index >= 15 is 0 Å². The summed E-state index contributed by atoms with van der Waals surface area (Å²) in [5, 5.41) is 0. The van der Waals surface area contributed by atoms with Crippen LogP contribution in [-0.4, -0.2) is 26.6 Å². The molecule has 21 heavy (non-hydrogen) atoms. The van der Waals surface area contributed by atoms with Gasteiger partial charge in [0.15, 0.2) is 5.82 Å². The average molecular weight is 286 g/mol. The van der Waals surface area contributed by atoms with E-state index in [1.807, 2.05) is 36.6 Å². The van der Waals surface area contributed by atoms with E-state index < -0.39 is 5.95 Å². The first-order chi connectivity index (χ1) is 9.97. The van der Waals surface area contributed by atoms with Crippen molar-refractivity contribution in [3.8, 4) is 0 Å². The first kappa shape index (κ1) is 13.3. The number of hydrogen-bond acceptors (Lipinski definition) is 5. The van der Waals surface area contributed by atoms with Crippen molar-refractivity contribution in [2.24, 2.45) is 7.05 Å². The second-order valence-corrected chi connectivity index (χ2v) is 4.94. The zero-order valence-electron chi connectivity index (χ0n) is 12.0. The molecular formula is C14H15FN6. The minimum atomic E-state index is -0.501. The maximum absolute atomic E-state index is 13.1. The van der Waals surface area contributed by atoms with Crippen LogP contribution >= 0.6 is 0 Å². The number of imidazole rings is 1. The Labute approximate surface area is 121 Å². The van der Waals surface area contributed by atoms with Gasteiger partial charge in [-0.25, -0.2) is 15.0 Å². The molecular weight excluding hydrogens is 271 g/mol. The second-order valence-electron chi connectivity index (χ2n) is 4.94. The Morgan fingerprint density at radius 2 is 2.05 bits per heavy atom. The zero-order chi connectivity index (χ0) is 15.1. The SMILES string of the molecule is Cc1cc(F)ncc1N(C)c1cc2c(ncn2C)c(N)n1. The quantitative estimate of drug-likeness (QED) is 0.731. The average Bonchev–Trinajstić information content (AvgIpc) is 2.80. The van der Waals surface area contributed by atoms with Gasteiger partial charge in [-0.05, 0) is 18.6 Å². The maximum atomic E-state index is 13.1. The van der Waals surface area contributed by atoms with Crippen molar-refractivity contribution in [3.05, 3.63) is 36.2 Å². The molecule has 3 aromatic heterocycles. The van der Waals surface area contributed by atoms with Crippen molar-refractivity contribution in [2.45, 2.75) is 6.92 Å². The van der Waals surface area contributed by atoms with Crippen LogP contribution in [0.5, 0.6) is 0 Å². The Morgan fingerprint density at radius 1 is 1.29 bits per heavy atom. The first-order valence-electron chi connectivity index (χ1n) is 6.41. The summed E-state index contributed by atoms with van der Waals surface area (Å²) in [6.45, 7) is 1.82. The van der Waals surface area contributed by atoms with Crippen LogP contribution in [0, 0.1) is 12.9 Å². The van der Waals surface area contributed by atoms with Gasteiger partial charge < -0.3 is 15.2 Å². The first-order valence-corrected chi connectivity index (χ1v) is 6.41. The van der Waals surface area contributed by atoms with Crippen LogP contribution < -0.4 is 10.6 Å². The van der Waals surface area contributed by atoms with E-state index in [9.17, 15) is 4.39 Å². The molecule has 3 heterocycles. The lowest BCUT2D eigenvalue weighted by molar-refractivity contribution is 0.582. The molecule has 108 valence electrons. The molecule has 0 fully saturated rings. The number of aryl methyl sites for hydroxylation is 2. The van der Waals surface area contributed by atoms with Crippen molar-refractivity contribution in [1.29, 1.82) is 0 Å². The minimum Gasteiger partial charge on any atom is -0.382 e. The van der Waals surface area contributed by atoms with Crippen LogP contribution in [0.4, 0.5) is 21.7 Å². The highest BCUT2D eigenvalue weighted by Gasteiger charge is 2.14.